The fraction of sp³-hybridized carbons (Fsp3) is 0.261. The number of aryl methyl sites for hydroxylation is 1. The number of allylic oxidation sites excluding steroid dienone is 2. The quantitative estimate of drug-likeness (QED) is 0.600. The first-order valence-electron chi connectivity index (χ1n) is 9.99. The average molecular weight is 420 g/mol. The highest BCUT2D eigenvalue weighted by Crippen LogP contribution is 2.29. The number of benzene rings is 1. The molecular weight excluding hydrogens is 394 g/mol. The zero-order chi connectivity index (χ0) is 20.9. The molecule has 0 atom stereocenters. The summed E-state index contributed by atoms with van der Waals surface area (Å²) in [5.41, 5.74) is 10.4. The van der Waals surface area contributed by atoms with E-state index >= 15 is 0 Å². The molecule has 0 radical (unpaired) electrons. The van der Waals surface area contributed by atoms with Gasteiger partial charge in [0.1, 0.15) is 6.33 Å². The summed E-state index contributed by atoms with van der Waals surface area (Å²) in [6, 6.07) is 10.5. The van der Waals surface area contributed by atoms with Gasteiger partial charge in [-0.1, -0.05) is 18.2 Å². The zero-order valence-corrected chi connectivity index (χ0v) is 17.8. The number of rotatable bonds is 6. The van der Waals surface area contributed by atoms with Crippen LogP contribution in [-0.4, -0.2) is 47.0 Å². The van der Waals surface area contributed by atoms with Gasteiger partial charge in [0.25, 0.3) is 0 Å². The maximum absolute atomic E-state index is 12.0. The van der Waals surface area contributed by atoms with Gasteiger partial charge >= 0.3 is 0 Å². The summed E-state index contributed by atoms with van der Waals surface area (Å²) in [4.78, 5) is 24.7. The van der Waals surface area contributed by atoms with Crippen LogP contribution in [0, 0.1) is 6.92 Å². The van der Waals surface area contributed by atoms with Crippen LogP contribution < -0.4 is 11.1 Å². The number of hydrogen-bond acceptors (Lipinski definition) is 6. The molecule has 1 aliphatic rings. The number of carbonyl (C=O) groups is 1. The van der Waals surface area contributed by atoms with Crippen LogP contribution in [0.3, 0.4) is 0 Å². The van der Waals surface area contributed by atoms with Gasteiger partial charge in [0, 0.05) is 53.1 Å². The molecule has 1 amide bonds. The van der Waals surface area contributed by atoms with Crippen LogP contribution in [0.25, 0.3) is 16.5 Å². The lowest BCUT2D eigenvalue weighted by atomic mass is 10.0. The van der Waals surface area contributed by atoms with Crippen molar-refractivity contribution in [2.45, 2.75) is 13.3 Å². The molecule has 0 unspecified atom stereocenters. The molecule has 1 aromatic carbocycles. The standard InChI is InChI=1S/C23H25N5OS/c1-16-4-7-22(30-16)19(11-17-5-6-18-13-26-15-27-21(18)12-17)20(24)3-2-9-28-10-8-25-14-23(28)29/h2-7,12-13,15,25H,8-11,14,24H2,1H3. The SMILES string of the molecule is Cc1ccc(C(Cc2ccc3cncnc3c2)=C(N)C=CCN2CCNCC2=O)s1. The molecule has 6 nitrogen and oxygen atoms in total. The van der Waals surface area contributed by atoms with Crippen LogP contribution in [0.4, 0.5) is 0 Å². The lowest BCUT2D eigenvalue weighted by Gasteiger charge is -2.26. The molecule has 3 heterocycles. The Labute approximate surface area is 180 Å². The summed E-state index contributed by atoms with van der Waals surface area (Å²) in [6.45, 7) is 4.63. The van der Waals surface area contributed by atoms with Gasteiger partial charge in [0.15, 0.2) is 0 Å². The molecular formula is C23H25N5OS. The van der Waals surface area contributed by atoms with Gasteiger partial charge in [0.05, 0.1) is 12.1 Å². The summed E-state index contributed by atoms with van der Waals surface area (Å²) in [5.74, 6) is 0.126. The number of fused-ring (bicyclic) bond motifs is 1. The second-order valence-corrected chi connectivity index (χ2v) is 8.64. The molecule has 2 aromatic heterocycles. The minimum absolute atomic E-state index is 0.126. The van der Waals surface area contributed by atoms with Crippen LogP contribution in [-0.2, 0) is 11.2 Å². The van der Waals surface area contributed by atoms with E-state index in [0.29, 0.717) is 19.5 Å². The highest BCUT2D eigenvalue weighted by Gasteiger charge is 2.16. The van der Waals surface area contributed by atoms with Gasteiger partial charge in [-0.15, -0.1) is 11.3 Å². The summed E-state index contributed by atoms with van der Waals surface area (Å²) in [6.07, 6.45) is 8.01. The lowest BCUT2D eigenvalue weighted by molar-refractivity contribution is -0.131. The Morgan fingerprint density at radius 2 is 2.23 bits per heavy atom. The Hall–Kier alpha value is -3.03. The van der Waals surface area contributed by atoms with Crippen molar-refractivity contribution in [2.24, 2.45) is 5.73 Å². The average Bonchev–Trinajstić information content (AvgIpc) is 3.19. The maximum atomic E-state index is 12.0. The van der Waals surface area contributed by atoms with Gasteiger partial charge in [-0.25, -0.2) is 9.97 Å². The number of aromatic nitrogens is 2. The van der Waals surface area contributed by atoms with Crippen molar-refractivity contribution < 1.29 is 4.79 Å². The molecule has 0 saturated carbocycles. The third-order valence-electron chi connectivity index (χ3n) is 5.15. The van der Waals surface area contributed by atoms with Crippen molar-refractivity contribution >= 4 is 33.7 Å². The predicted molar refractivity (Wildman–Crippen MR) is 122 cm³/mol. The number of piperazine rings is 1. The molecule has 3 N–H and O–H groups in total. The predicted octanol–water partition coefficient (Wildman–Crippen LogP) is 2.90. The summed E-state index contributed by atoms with van der Waals surface area (Å²) >= 11 is 1.74. The van der Waals surface area contributed by atoms with Crippen LogP contribution in [0.15, 0.2) is 60.7 Å². The molecule has 4 rings (SSSR count). The van der Waals surface area contributed by atoms with Crippen molar-refractivity contribution in [1.82, 2.24) is 20.2 Å². The van der Waals surface area contributed by atoms with Gasteiger partial charge in [0.2, 0.25) is 5.91 Å². The molecule has 154 valence electrons. The van der Waals surface area contributed by atoms with Crippen molar-refractivity contribution in [3.05, 3.63) is 76.0 Å². The minimum Gasteiger partial charge on any atom is -0.398 e. The first kappa shape index (κ1) is 20.3. The molecule has 30 heavy (non-hydrogen) atoms. The largest absolute Gasteiger partial charge is 0.398 e. The van der Waals surface area contributed by atoms with Crippen LogP contribution >= 0.6 is 11.3 Å². The van der Waals surface area contributed by atoms with Crippen molar-refractivity contribution in [3.63, 3.8) is 0 Å². The highest BCUT2D eigenvalue weighted by molar-refractivity contribution is 7.13. The smallest absolute Gasteiger partial charge is 0.236 e. The molecule has 7 heteroatoms. The van der Waals surface area contributed by atoms with Crippen molar-refractivity contribution in [2.75, 3.05) is 26.2 Å². The Morgan fingerprint density at radius 3 is 3.03 bits per heavy atom. The van der Waals surface area contributed by atoms with Gasteiger partial charge in [-0.3, -0.25) is 4.79 Å². The normalized spacial score (nSPS) is 15.8. The van der Waals surface area contributed by atoms with E-state index < -0.39 is 0 Å². The van der Waals surface area contributed by atoms with Gasteiger partial charge in [-0.05, 0) is 42.3 Å². The second kappa shape index (κ2) is 9.19. The Kier molecular flexibility index (Phi) is 6.21. The van der Waals surface area contributed by atoms with E-state index in [1.54, 1.807) is 17.7 Å². The van der Waals surface area contributed by atoms with E-state index in [2.05, 4.69) is 46.5 Å². The summed E-state index contributed by atoms with van der Waals surface area (Å²) in [5, 5.41) is 4.11. The van der Waals surface area contributed by atoms with E-state index in [4.69, 9.17) is 5.73 Å². The fourth-order valence-corrected chi connectivity index (χ4v) is 4.44. The lowest BCUT2D eigenvalue weighted by Crippen LogP contribution is -2.47. The number of nitrogens with one attached hydrogen (secondary N) is 1. The van der Waals surface area contributed by atoms with Crippen LogP contribution in [0.5, 0.6) is 0 Å². The minimum atomic E-state index is 0.126. The molecule has 1 aliphatic heterocycles. The van der Waals surface area contributed by atoms with E-state index in [9.17, 15) is 4.79 Å². The third kappa shape index (κ3) is 4.75. The molecule has 1 fully saturated rings. The van der Waals surface area contributed by atoms with Crippen molar-refractivity contribution in [3.8, 4) is 0 Å². The molecule has 0 spiro atoms. The fourth-order valence-electron chi connectivity index (χ4n) is 3.51. The number of carbonyl (C=O) groups excluding carboxylic acids is 1. The highest BCUT2D eigenvalue weighted by atomic mass is 32.1. The number of amides is 1. The Bertz CT molecular complexity index is 1120. The molecule has 3 aromatic rings. The molecule has 0 bridgehead atoms. The number of nitrogens with zero attached hydrogens (tertiary/aromatic N) is 3. The van der Waals surface area contributed by atoms with Crippen molar-refractivity contribution in [1.29, 1.82) is 0 Å². The maximum Gasteiger partial charge on any atom is 0.236 e. The van der Waals surface area contributed by atoms with E-state index in [1.807, 2.05) is 29.3 Å². The summed E-state index contributed by atoms with van der Waals surface area (Å²) < 4.78 is 0. The van der Waals surface area contributed by atoms with E-state index in [1.165, 1.54) is 4.88 Å². The Balaban J connectivity index is 1.59. The Morgan fingerprint density at radius 1 is 1.33 bits per heavy atom. The van der Waals surface area contributed by atoms with Gasteiger partial charge in [-0.2, -0.15) is 0 Å². The number of nitrogens with two attached hydrogens (primary N) is 1. The third-order valence-corrected chi connectivity index (χ3v) is 6.21. The summed E-state index contributed by atoms with van der Waals surface area (Å²) in [7, 11) is 0. The number of thiophene rings is 1. The molecule has 0 aliphatic carbocycles. The van der Waals surface area contributed by atoms with Crippen LogP contribution in [0.2, 0.25) is 0 Å². The monoisotopic (exact) mass is 419 g/mol. The zero-order valence-electron chi connectivity index (χ0n) is 17.0. The molecule has 1 saturated heterocycles. The van der Waals surface area contributed by atoms with Gasteiger partial charge < -0.3 is 16.0 Å². The first-order chi connectivity index (χ1) is 14.6. The van der Waals surface area contributed by atoms with Crippen LogP contribution in [0.1, 0.15) is 15.3 Å². The topological polar surface area (TPSA) is 84.1 Å². The second-order valence-electron chi connectivity index (χ2n) is 7.36. The number of hydrogen-bond donors (Lipinski definition) is 2. The van der Waals surface area contributed by atoms with E-state index in [0.717, 1.165) is 45.7 Å². The van der Waals surface area contributed by atoms with E-state index in [-0.39, 0.29) is 5.91 Å². The first-order valence-corrected chi connectivity index (χ1v) is 10.8.